The Kier molecular flexibility index (Phi) is 11.8. The number of esters is 1. The SMILES string of the molecule is CC=CC(=O)OCCCCCCCCCC(C(=O)O)C(=O)O. The molecule has 0 aliphatic rings. The van der Waals surface area contributed by atoms with Gasteiger partial charge in [0, 0.05) is 6.08 Å². The standard InChI is InChI=1S/C16H26O6/c1-2-10-14(17)22-12-9-7-5-3-4-6-8-11-13(15(18)19)16(20)21/h2,10,13H,3-9,11-12H2,1H3,(H,18,19)(H,20,21). The fourth-order valence-electron chi connectivity index (χ4n) is 2.04. The summed E-state index contributed by atoms with van der Waals surface area (Å²) in [6, 6.07) is 0. The van der Waals surface area contributed by atoms with Gasteiger partial charge < -0.3 is 14.9 Å². The number of hydrogen-bond donors (Lipinski definition) is 2. The minimum atomic E-state index is -1.29. The highest BCUT2D eigenvalue weighted by molar-refractivity contribution is 5.92. The molecule has 6 heteroatoms. The number of rotatable bonds is 13. The summed E-state index contributed by atoms with van der Waals surface area (Å²) < 4.78 is 4.96. The molecule has 0 rings (SSSR count). The average molecular weight is 314 g/mol. The lowest BCUT2D eigenvalue weighted by atomic mass is 10.0. The third-order valence-corrected chi connectivity index (χ3v) is 3.28. The van der Waals surface area contributed by atoms with Crippen LogP contribution in [0.4, 0.5) is 0 Å². The fourth-order valence-corrected chi connectivity index (χ4v) is 2.04. The Balaban J connectivity index is 3.42. The summed E-state index contributed by atoms with van der Waals surface area (Å²) in [5.74, 6) is -4.12. The molecule has 2 N–H and O–H groups in total. The molecule has 0 aromatic heterocycles. The zero-order valence-electron chi connectivity index (χ0n) is 13.1. The van der Waals surface area contributed by atoms with Crippen molar-refractivity contribution in [3.63, 3.8) is 0 Å². The van der Waals surface area contributed by atoms with Gasteiger partial charge in [0.15, 0.2) is 5.92 Å². The van der Waals surface area contributed by atoms with Crippen molar-refractivity contribution in [3.8, 4) is 0 Å². The van der Waals surface area contributed by atoms with Crippen LogP contribution in [0.2, 0.25) is 0 Å². The third-order valence-electron chi connectivity index (χ3n) is 3.28. The summed E-state index contributed by atoms with van der Waals surface area (Å²) in [5.41, 5.74) is 0. The van der Waals surface area contributed by atoms with Gasteiger partial charge in [0.1, 0.15) is 0 Å². The maximum absolute atomic E-state index is 11.0. The number of carbonyl (C=O) groups is 3. The molecule has 0 aromatic rings. The summed E-state index contributed by atoms with van der Waals surface area (Å²) in [6.07, 6.45) is 9.51. The van der Waals surface area contributed by atoms with Gasteiger partial charge in [0.05, 0.1) is 6.61 Å². The summed E-state index contributed by atoms with van der Waals surface area (Å²) in [5, 5.41) is 17.4. The van der Waals surface area contributed by atoms with E-state index >= 15 is 0 Å². The number of aliphatic carboxylic acids is 2. The molecular weight excluding hydrogens is 288 g/mol. The predicted molar refractivity (Wildman–Crippen MR) is 81.5 cm³/mol. The lowest BCUT2D eigenvalue weighted by molar-refractivity contribution is -0.154. The molecule has 0 bridgehead atoms. The van der Waals surface area contributed by atoms with Crippen LogP contribution in [0.15, 0.2) is 12.2 Å². The van der Waals surface area contributed by atoms with E-state index in [1.54, 1.807) is 13.0 Å². The number of carbonyl (C=O) groups excluding carboxylic acids is 1. The molecule has 126 valence electrons. The Morgan fingerprint density at radius 2 is 1.41 bits per heavy atom. The van der Waals surface area contributed by atoms with E-state index in [-0.39, 0.29) is 12.4 Å². The smallest absolute Gasteiger partial charge is 0.330 e. The van der Waals surface area contributed by atoms with E-state index in [0.717, 1.165) is 38.5 Å². The molecular formula is C16H26O6. The van der Waals surface area contributed by atoms with E-state index in [1.807, 2.05) is 0 Å². The van der Waals surface area contributed by atoms with Crippen LogP contribution < -0.4 is 0 Å². The van der Waals surface area contributed by atoms with Gasteiger partial charge in [-0.05, 0) is 19.8 Å². The lowest BCUT2D eigenvalue weighted by Crippen LogP contribution is -2.23. The first-order valence-electron chi connectivity index (χ1n) is 7.74. The van der Waals surface area contributed by atoms with Gasteiger partial charge in [-0.15, -0.1) is 0 Å². The third kappa shape index (κ3) is 10.9. The monoisotopic (exact) mass is 314 g/mol. The molecule has 0 radical (unpaired) electrons. The Morgan fingerprint density at radius 1 is 0.909 bits per heavy atom. The van der Waals surface area contributed by atoms with E-state index in [9.17, 15) is 14.4 Å². The molecule has 0 amide bonds. The molecule has 0 atom stereocenters. The molecule has 0 spiro atoms. The maximum Gasteiger partial charge on any atom is 0.330 e. The molecule has 0 saturated heterocycles. The van der Waals surface area contributed by atoms with Crippen molar-refractivity contribution in [2.45, 2.75) is 58.3 Å². The van der Waals surface area contributed by atoms with E-state index < -0.39 is 17.9 Å². The minimum absolute atomic E-state index is 0.186. The molecule has 0 fully saturated rings. The van der Waals surface area contributed by atoms with Crippen LogP contribution in [0.5, 0.6) is 0 Å². The highest BCUT2D eigenvalue weighted by Crippen LogP contribution is 2.13. The second-order valence-electron chi connectivity index (χ2n) is 5.16. The number of carboxylic acids is 2. The predicted octanol–water partition coefficient (Wildman–Crippen LogP) is 3.01. The van der Waals surface area contributed by atoms with Crippen LogP contribution in [0.25, 0.3) is 0 Å². The summed E-state index contributed by atoms with van der Waals surface area (Å²) in [4.78, 5) is 32.4. The minimum Gasteiger partial charge on any atom is -0.481 e. The van der Waals surface area contributed by atoms with Gasteiger partial charge in [-0.3, -0.25) is 9.59 Å². The zero-order valence-corrected chi connectivity index (χ0v) is 13.1. The first-order valence-corrected chi connectivity index (χ1v) is 7.74. The molecule has 6 nitrogen and oxygen atoms in total. The van der Waals surface area contributed by atoms with Crippen molar-refractivity contribution in [1.29, 1.82) is 0 Å². The molecule has 0 aromatic carbocycles. The Bertz CT molecular complexity index is 361. The summed E-state index contributed by atoms with van der Waals surface area (Å²) in [7, 11) is 0. The van der Waals surface area contributed by atoms with Crippen LogP contribution in [-0.2, 0) is 19.1 Å². The Hall–Kier alpha value is -1.85. The van der Waals surface area contributed by atoms with E-state index in [2.05, 4.69) is 0 Å². The van der Waals surface area contributed by atoms with Gasteiger partial charge in [-0.2, -0.15) is 0 Å². The zero-order chi connectivity index (χ0) is 16.8. The first kappa shape index (κ1) is 20.1. The van der Waals surface area contributed by atoms with Crippen molar-refractivity contribution in [1.82, 2.24) is 0 Å². The van der Waals surface area contributed by atoms with Gasteiger partial charge in [-0.25, -0.2) is 4.79 Å². The van der Waals surface area contributed by atoms with Gasteiger partial charge in [0.2, 0.25) is 0 Å². The molecule has 0 unspecified atom stereocenters. The molecule has 0 aliphatic carbocycles. The molecule has 0 heterocycles. The summed E-state index contributed by atoms with van der Waals surface area (Å²) in [6.45, 7) is 2.19. The van der Waals surface area contributed by atoms with Crippen molar-refractivity contribution in [2.24, 2.45) is 5.92 Å². The van der Waals surface area contributed by atoms with Crippen molar-refractivity contribution in [2.75, 3.05) is 6.61 Å². The lowest BCUT2D eigenvalue weighted by Gasteiger charge is -2.07. The number of unbranched alkanes of at least 4 members (excludes halogenated alkanes) is 6. The van der Waals surface area contributed by atoms with Gasteiger partial charge >= 0.3 is 17.9 Å². The molecule has 0 saturated carbocycles. The van der Waals surface area contributed by atoms with E-state index in [0.29, 0.717) is 13.0 Å². The van der Waals surface area contributed by atoms with Crippen LogP contribution in [-0.4, -0.2) is 34.7 Å². The average Bonchev–Trinajstić information content (AvgIpc) is 2.44. The van der Waals surface area contributed by atoms with Crippen LogP contribution in [0.1, 0.15) is 58.3 Å². The first-order chi connectivity index (χ1) is 10.5. The normalized spacial score (nSPS) is 11.0. The van der Waals surface area contributed by atoms with Crippen LogP contribution in [0, 0.1) is 5.92 Å². The second-order valence-corrected chi connectivity index (χ2v) is 5.16. The quantitative estimate of drug-likeness (QED) is 0.234. The fraction of sp³-hybridized carbons (Fsp3) is 0.688. The van der Waals surface area contributed by atoms with Crippen LogP contribution >= 0.6 is 0 Å². The number of allylic oxidation sites excluding steroid dienone is 1. The summed E-state index contributed by atoms with van der Waals surface area (Å²) >= 11 is 0. The highest BCUT2D eigenvalue weighted by Gasteiger charge is 2.24. The topological polar surface area (TPSA) is 101 Å². The van der Waals surface area contributed by atoms with Crippen molar-refractivity contribution >= 4 is 17.9 Å². The number of hydrogen-bond acceptors (Lipinski definition) is 4. The van der Waals surface area contributed by atoms with Crippen LogP contribution in [0.3, 0.4) is 0 Å². The van der Waals surface area contributed by atoms with Gasteiger partial charge in [-0.1, -0.05) is 44.6 Å². The molecule has 0 aliphatic heterocycles. The van der Waals surface area contributed by atoms with Crippen molar-refractivity contribution in [3.05, 3.63) is 12.2 Å². The van der Waals surface area contributed by atoms with E-state index in [4.69, 9.17) is 14.9 Å². The number of carboxylic acid groups (broad SMARTS) is 2. The second kappa shape index (κ2) is 12.9. The van der Waals surface area contributed by atoms with E-state index in [1.165, 1.54) is 6.08 Å². The Labute approximate surface area is 131 Å². The van der Waals surface area contributed by atoms with Gasteiger partial charge in [0.25, 0.3) is 0 Å². The van der Waals surface area contributed by atoms with Crippen molar-refractivity contribution < 1.29 is 29.3 Å². The maximum atomic E-state index is 11.0. The number of ether oxygens (including phenoxy) is 1. The Morgan fingerprint density at radius 3 is 1.91 bits per heavy atom. The highest BCUT2D eigenvalue weighted by atomic mass is 16.5. The molecule has 22 heavy (non-hydrogen) atoms. The largest absolute Gasteiger partial charge is 0.481 e.